The number of rotatable bonds is 4. The second-order valence-electron chi connectivity index (χ2n) is 3.87. The van der Waals surface area contributed by atoms with Crippen molar-refractivity contribution in [2.45, 2.75) is 19.1 Å². The van der Waals surface area contributed by atoms with Crippen LogP contribution in [0.1, 0.15) is 6.92 Å². The van der Waals surface area contributed by atoms with Gasteiger partial charge in [0.05, 0.1) is 0 Å². The van der Waals surface area contributed by atoms with Crippen molar-refractivity contribution < 1.29 is 9.47 Å². The lowest BCUT2D eigenvalue weighted by Crippen LogP contribution is -2.28. The molecule has 0 spiro atoms. The lowest BCUT2D eigenvalue weighted by atomic mass is 10.2. The minimum Gasteiger partial charge on any atom is -0.377 e. The predicted octanol–water partition coefficient (Wildman–Crippen LogP) is 1.37. The molecule has 1 saturated heterocycles. The van der Waals surface area contributed by atoms with Gasteiger partial charge in [-0.2, -0.15) is 0 Å². The number of hydrogen-bond acceptors (Lipinski definition) is 5. The lowest BCUT2D eigenvalue weighted by Gasteiger charge is -2.16. The molecule has 0 unspecified atom stereocenters. The Balaban J connectivity index is 2.09. The molecule has 94 valence electrons. The van der Waals surface area contributed by atoms with Crippen LogP contribution in [-0.2, 0) is 9.47 Å². The Hall–Kier alpha value is -0.910. The molecule has 0 aliphatic carbocycles. The summed E-state index contributed by atoms with van der Waals surface area (Å²) in [6.07, 6.45) is 1.62. The van der Waals surface area contributed by atoms with Gasteiger partial charge in [0, 0.05) is 32.9 Å². The Bertz CT molecular complexity index is 377. The maximum atomic E-state index is 5.85. The van der Waals surface area contributed by atoms with Crippen LogP contribution in [0.25, 0.3) is 0 Å². The average molecular weight is 258 g/mol. The molecule has 5 nitrogen and oxygen atoms in total. The van der Waals surface area contributed by atoms with Crippen LogP contribution in [0.5, 0.6) is 0 Å². The summed E-state index contributed by atoms with van der Waals surface area (Å²) in [6, 6.07) is 1.75. The van der Waals surface area contributed by atoms with Gasteiger partial charge in [0.1, 0.15) is 29.5 Å². The van der Waals surface area contributed by atoms with Crippen molar-refractivity contribution in [2.75, 3.05) is 31.7 Å². The van der Waals surface area contributed by atoms with E-state index < -0.39 is 0 Å². The van der Waals surface area contributed by atoms with Gasteiger partial charge in [0.15, 0.2) is 0 Å². The van der Waals surface area contributed by atoms with Crippen LogP contribution in [-0.4, -0.2) is 49.0 Å². The highest BCUT2D eigenvalue weighted by Gasteiger charge is 2.34. The summed E-state index contributed by atoms with van der Waals surface area (Å²) in [4.78, 5) is 10.2. The second kappa shape index (κ2) is 5.62. The molecule has 6 heteroatoms. The Kier molecular flexibility index (Phi) is 4.15. The minimum atomic E-state index is 0.0729. The molecule has 0 N–H and O–H groups in total. The highest BCUT2D eigenvalue weighted by molar-refractivity contribution is 6.29. The number of nitrogens with zero attached hydrogens (tertiary/aromatic N) is 3. The summed E-state index contributed by atoms with van der Waals surface area (Å²) in [7, 11) is 1.70. The van der Waals surface area contributed by atoms with E-state index in [1.165, 1.54) is 6.33 Å². The molecule has 1 fully saturated rings. The number of aromatic nitrogens is 2. The summed E-state index contributed by atoms with van der Waals surface area (Å²) >= 11 is 5.85. The molecule has 17 heavy (non-hydrogen) atoms. The predicted molar refractivity (Wildman–Crippen MR) is 65.5 cm³/mol. The average Bonchev–Trinajstić information content (AvgIpc) is 2.73. The molecular formula is C11H16ClN3O2. The first-order chi connectivity index (χ1) is 8.24. The fourth-order valence-electron chi connectivity index (χ4n) is 2.03. The van der Waals surface area contributed by atoms with E-state index in [4.69, 9.17) is 21.1 Å². The van der Waals surface area contributed by atoms with Gasteiger partial charge < -0.3 is 14.4 Å². The Labute approximate surface area is 106 Å². The van der Waals surface area contributed by atoms with Crippen molar-refractivity contribution >= 4 is 17.4 Å². The van der Waals surface area contributed by atoms with Crippen molar-refractivity contribution in [1.82, 2.24) is 9.97 Å². The molecule has 0 amide bonds. The third-order valence-electron chi connectivity index (χ3n) is 2.84. The molecule has 2 atom stereocenters. The van der Waals surface area contributed by atoms with Gasteiger partial charge in [0.2, 0.25) is 0 Å². The zero-order chi connectivity index (χ0) is 12.3. The molecule has 0 saturated carbocycles. The van der Waals surface area contributed by atoms with Crippen LogP contribution < -0.4 is 4.90 Å². The number of methoxy groups -OCH3 is 1. The van der Waals surface area contributed by atoms with Crippen LogP contribution in [0.4, 0.5) is 5.82 Å². The molecule has 2 rings (SSSR count). The van der Waals surface area contributed by atoms with Gasteiger partial charge in [-0.05, 0) is 6.92 Å². The number of hydrogen-bond donors (Lipinski definition) is 0. The first kappa shape index (κ1) is 12.5. The van der Waals surface area contributed by atoms with E-state index in [2.05, 4.69) is 14.9 Å². The van der Waals surface area contributed by atoms with E-state index >= 15 is 0 Å². The van der Waals surface area contributed by atoms with Crippen molar-refractivity contribution in [3.05, 3.63) is 17.5 Å². The van der Waals surface area contributed by atoms with Gasteiger partial charge in [-0.1, -0.05) is 11.6 Å². The van der Waals surface area contributed by atoms with Crippen molar-refractivity contribution in [3.63, 3.8) is 0 Å². The number of halogens is 1. The first-order valence-corrected chi connectivity index (χ1v) is 5.99. The first-order valence-electron chi connectivity index (χ1n) is 5.61. The van der Waals surface area contributed by atoms with Crippen LogP contribution in [0.15, 0.2) is 12.4 Å². The maximum absolute atomic E-state index is 5.85. The quantitative estimate of drug-likeness (QED) is 0.763. The molecule has 1 aromatic rings. The van der Waals surface area contributed by atoms with Gasteiger partial charge in [0.25, 0.3) is 0 Å². The standard InChI is InChI=1S/C11H16ClN3O2/c1-3-17-9-6-15(5-8(9)16-2)11-4-10(12)13-7-14-11/h4,7-9H,3,5-6H2,1-2H3/t8-,9-/m1/s1. The lowest BCUT2D eigenvalue weighted by molar-refractivity contribution is -0.0232. The summed E-state index contributed by atoms with van der Waals surface area (Å²) in [5, 5.41) is 0.448. The second-order valence-corrected chi connectivity index (χ2v) is 4.26. The van der Waals surface area contributed by atoms with Crippen LogP contribution >= 0.6 is 11.6 Å². The van der Waals surface area contributed by atoms with Gasteiger partial charge in [-0.25, -0.2) is 9.97 Å². The third kappa shape index (κ3) is 2.86. The van der Waals surface area contributed by atoms with Crippen LogP contribution in [0, 0.1) is 0 Å². The molecule has 0 radical (unpaired) electrons. The zero-order valence-electron chi connectivity index (χ0n) is 9.97. The smallest absolute Gasteiger partial charge is 0.134 e. The van der Waals surface area contributed by atoms with E-state index in [1.807, 2.05) is 6.92 Å². The summed E-state index contributed by atoms with van der Waals surface area (Å²) < 4.78 is 11.1. The van der Waals surface area contributed by atoms with E-state index in [1.54, 1.807) is 13.2 Å². The normalized spacial score (nSPS) is 24.3. The highest BCUT2D eigenvalue weighted by Crippen LogP contribution is 2.23. The topological polar surface area (TPSA) is 47.5 Å². The molecule has 1 aliphatic heterocycles. The maximum Gasteiger partial charge on any atom is 0.134 e. The zero-order valence-corrected chi connectivity index (χ0v) is 10.7. The van der Waals surface area contributed by atoms with Crippen molar-refractivity contribution in [1.29, 1.82) is 0 Å². The Morgan fingerprint density at radius 3 is 2.82 bits per heavy atom. The number of anilines is 1. The molecule has 0 bridgehead atoms. The minimum absolute atomic E-state index is 0.0729. The van der Waals surface area contributed by atoms with Crippen LogP contribution in [0.2, 0.25) is 5.15 Å². The van der Waals surface area contributed by atoms with Crippen molar-refractivity contribution in [3.8, 4) is 0 Å². The van der Waals surface area contributed by atoms with E-state index in [-0.39, 0.29) is 12.2 Å². The van der Waals surface area contributed by atoms with Gasteiger partial charge in [-0.15, -0.1) is 0 Å². The SMILES string of the molecule is CCO[C@@H]1CN(c2cc(Cl)ncn2)C[C@H]1OC. The molecule has 2 heterocycles. The number of ether oxygens (including phenoxy) is 2. The molecular weight excluding hydrogens is 242 g/mol. The third-order valence-corrected chi connectivity index (χ3v) is 3.05. The summed E-state index contributed by atoms with van der Waals surface area (Å²) in [6.45, 7) is 4.19. The Morgan fingerprint density at radius 1 is 1.41 bits per heavy atom. The fourth-order valence-corrected chi connectivity index (χ4v) is 2.17. The van der Waals surface area contributed by atoms with E-state index in [0.717, 1.165) is 18.9 Å². The van der Waals surface area contributed by atoms with E-state index in [0.29, 0.717) is 11.8 Å². The molecule has 0 aromatic carbocycles. The van der Waals surface area contributed by atoms with Gasteiger partial charge >= 0.3 is 0 Å². The monoisotopic (exact) mass is 257 g/mol. The summed E-state index contributed by atoms with van der Waals surface area (Å²) in [5.41, 5.74) is 0. The molecule has 1 aliphatic rings. The summed E-state index contributed by atoms with van der Waals surface area (Å²) in [5.74, 6) is 0.814. The molecule has 1 aromatic heterocycles. The van der Waals surface area contributed by atoms with Crippen molar-refractivity contribution in [2.24, 2.45) is 0 Å². The largest absolute Gasteiger partial charge is 0.377 e. The fraction of sp³-hybridized carbons (Fsp3) is 0.636. The highest BCUT2D eigenvalue weighted by atomic mass is 35.5. The van der Waals surface area contributed by atoms with Gasteiger partial charge in [-0.3, -0.25) is 0 Å². The van der Waals surface area contributed by atoms with Crippen LogP contribution in [0.3, 0.4) is 0 Å². The Morgan fingerprint density at radius 2 is 2.18 bits per heavy atom. The van der Waals surface area contributed by atoms with E-state index in [9.17, 15) is 0 Å².